The summed E-state index contributed by atoms with van der Waals surface area (Å²) < 4.78 is 12.5. The second-order valence-electron chi connectivity index (χ2n) is 3.23. The second-order valence-corrected chi connectivity index (χ2v) is 3.23. The molecule has 0 aliphatic heterocycles. The van der Waals surface area contributed by atoms with E-state index < -0.39 is 23.9 Å². The third kappa shape index (κ3) is 3.30. The molecule has 0 heterocycles. The largest absolute Gasteiger partial charge is 0.390 e. The Morgan fingerprint density at radius 3 is 2.33 bits per heavy atom. The van der Waals surface area contributed by atoms with Crippen LogP contribution < -0.4 is 5.73 Å². The molecule has 1 aromatic rings. The number of hydrogen-bond acceptors (Lipinski definition) is 3. The summed E-state index contributed by atoms with van der Waals surface area (Å²) in [4.78, 5) is 10.5. The molecule has 5 heteroatoms. The van der Waals surface area contributed by atoms with E-state index in [9.17, 15) is 19.4 Å². The van der Waals surface area contributed by atoms with Gasteiger partial charge in [0, 0.05) is 0 Å². The van der Waals surface area contributed by atoms with E-state index in [-0.39, 0.29) is 6.42 Å². The van der Waals surface area contributed by atoms with Gasteiger partial charge in [-0.2, -0.15) is 0 Å². The Bertz CT molecular complexity index is 339. The van der Waals surface area contributed by atoms with Crippen molar-refractivity contribution in [3.63, 3.8) is 0 Å². The molecular formula is C10H12FNO3. The van der Waals surface area contributed by atoms with Gasteiger partial charge in [-0.25, -0.2) is 4.39 Å². The number of halogens is 1. The molecule has 15 heavy (non-hydrogen) atoms. The number of rotatable bonds is 4. The fourth-order valence-electron chi connectivity index (χ4n) is 1.20. The number of benzene rings is 1. The average molecular weight is 213 g/mol. The van der Waals surface area contributed by atoms with Crippen LogP contribution >= 0.6 is 0 Å². The van der Waals surface area contributed by atoms with Gasteiger partial charge in [0.25, 0.3) is 0 Å². The predicted octanol–water partition coefficient (Wildman–Crippen LogP) is 0.0954. The van der Waals surface area contributed by atoms with Gasteiger partial charge in [0.1, 0.15) is 11.9 Å². The number of nitrogens with two attached hydrogens (primary N) is 1. The van der Waals surface area contributed by atoms with Crippen molar-refractivity contribution >= 4 is 5.91 Å². The summed E-state index contributed by atoms with van der Waals surface area (Å²) in [6, 6.07) is 5.00. The smallest absolute Gasteiger partial charge is 0.220 e. The van der Waals surface area contributed by atoms with Crippen LogP contribution in [0.5, 0.6) is 0 Å². The van der Waals surface area contributed by atoms with E-state index in [1.54, 1.807) is 0 Å². The topological polar surface area (TPSA) is 83.6 Å². The van der Waals surface area contributed by atoms with Crippen LogP contribution in [0.25, 0.3) is 0 Å². The zero-order valence-electron chi connectivity index (χ0n) is 7.93. The van der Waals surface area contributed by atoms with Gasteiger partial charge < -0.3 is 15.9 Å². The highest BCUT2D eigenvalue weighted by Gasteiger charge is 2.19. The first-order chi connectivity index (χ1) is 7.00. The van der Waals surface area contributed by atoms with E-state index in [1.165, 1.54) is 12.1 Å². The molecule has 2 atom stereocenters. The van der Waals surface area contributed by atoms with E-state index in [4.69, 9.17) is 5.73 Å². The molecule has 0 aliphatic rings. The Morgan fingerprint density at radius 2 is 1.87 bits per heavy atom. The zero-order valence-corrected chi connectivity index (χ0v) is 7.93. The fourth-order valence-corrected chi connectivity index (χ4v) is 1.20. The molecule has 82 valence electrons. The molecule has 1 rings (SSSR count). The van der Waals surface area contributed by atoms with E-state index >= 15 is 0 Å². The molecule has 0 fully saturated rings. The number of hydrogen-bond donors (Lipinski definition) is 3. The maximum atomic E-state index is 12.5. The lowest BCUT2D eigenvalue weighted by Gasteiger charge is -2.16. The first-order valence-corrected chi connectivity index (χ1v) is 4.40. The lowest BCUT2D eigenvalue weighted by Crippen LogP contribution is -2.25. The summed E-state index contributed by atoms with van der Waals surface area (Å²) >= 11 is 0. The highest BCUT2D eigenvalue weighted by molar-refractivity contribution is 5.74. The normalized spacial score (nSPS) is 14.6. The van der Waals surface area contributed by atoms with Crippen molar-refractivity contribution in [3.05, 3.63) is 35.6 Å². The number of carbonyl (C=O) groups is 1. The third-order valence-corrected chi connectivity index (χ3v) is 1.99. The van der Waals surface area contributed by atoms with Gasteiger partial charge in [0.05, 0.1) is 12.5 Å². The first-order valence-electron chi connectivity index (χ1n) is 4.40. The van der Waals surface area contributed by atoms with Crippen LogP contribution in [0.4, 0.5) is 4.39 Å². The van der Waals surface area contributed by atoms with Gasteiger partial charge in [0.15, 0.2) is 0 Å². The van der Waals surface area contributed by atoms with E-state index in [1.807, 2.05) is 0 Å². The second kappa shape index (κ2) is 4.86. The summed E-state index contributed by atoms with van der Waals surface area (Å²) in [6.07, 6.45) is -2.84. The summed E-state index contributed by atoms with van der Waals surface area (Å²) in [6.45, 7) is 0. The minimum atomic E-state index is -1.27. The van der Waals surface area contributed by atoms with Crippen molar-refractivity contribution in [2.24, 2.45) is 5.73 Å². The lowest BCUT2D eigenvalue weighted by molar-refractivity contribution is -0.121. The van der Waals surface area contributed by atoms with Crippen LogP contribution in [0.1, 0.15) is 18.1 Å². The number of aliphatic hydroxyl groups is 2. The van der Waals surface area contributed by atoms with Crippen molar-refractivity contribution in [2.45, 2.75) is 18.6 Å². The molecule has 0 aromatic heterocycles. The van der Waals surface area contributed by atoms with Gasteiger partial charge >= 0.3 is 0 Å². The Morgan fingerprint density at radius 1 is 1.33 bits per heavy atom. The SMILES string of the molecule is NC(=O)CC(O)C(O)c1ccc(F)cc1. The van der Waals surface area contributed by atoms with E-state index in [0.717, 1.165) is 12.1 Å². The highest BCUT2D eigenvalue weighted by Crippen LogP contribution is 2.18. The third-order valence-electron chi connectivity index (χ3n) is 1.99. The summed E-state index contributed by atoms with van der Waals surface area (Å²) in [7, 11) is 0. The fraction of sp³-hybridized carbons (Fsp3) is 0.300. The standard InChI is InChI=1S/C10H12FNO3/c11-7-3-1-6(2-4-7)10(15)8(13)5-9(12)14/h1-4,8,10,13,15H,5H2,(H2,12,14). The van der Waals surface area contributed by atoms with Crippen molar-refractivity contribution in [2.75, 3.05) is 0 Å². The maximum Gasteiger partial charge on any atom is 0.220 e. The van der Waals surface area contributed by atoms with Crippen molar-refractivity contribution in [1.82, 2.24) is 0 Å². The highest BCUT2D eigenvalue weighted by atomic mass is 19.1. The Labute approximate surface area is 86.1 Å². The van der Waals surface area contributed by atoms with Crippen molar-refractivity contribution in [1.29, 1.82) is 0 Å². The molecule has 1 aromatic carbocycles. The molecule has 0 bridgehead atoms. The molecular weight excluding hydrogens is 201 g/mol. The van der Waals surface area contributed by atoms with Crippen LogP contribution in [0.3, 0.4) is 0 Å². The zero-order chi connectivity index (χ0) is 11.4. The minimum absolute atomic E-state index is 0.335. The lowest BCUT2D eigenvalue weighted by atomic mass is 10.0. The molecule has 0 spiro atoms. The Kier molecular flexibility index (Phi) is 3.76. The van der Waals surface area contributed by atoms with Crippen LogP contribution in [0, 0.1) is 5.82 Å². The van der Waals surface area contributed by atoms with E-state index in [2.05, 4.69) is 0 Å². The number of primary amides is 1. The van der Waals surface area contributed by atoms with Gasteiger partial charge in [-0.1, -0.05) is 12.1 Å². The number of aliphatic hydroxyl groups excluding tert-OH is 2. The van der Waals surface area contributed by atoms with Crippen molar-refractivity contribution in [3.8, 4) is 0 Å². The van der Waals surface area contributed by atoms with Gasteiger partial charge in [-0.3, -0.25) is 4.79 Å². The van der Waals surface area contributed by atoms with E-state index in [0.29, 0.717) is 5.56 Å². The summed E-state index contributed by atoms with van der Waals surface area (Å²) in [5.41, 5.74) is 5.20. The Hall–Kier alpha value is -1.46. The Balaban J connectivity index is 2.71. The molecule has 1 amide bonds. The first kappa shape index (κ1) is 11.6. The number of carbonyl (C=O) groups excluding carboxylic acids is 1. The number of amides is 1. The molecule has 0 aliphatic carbocycles. The predicted molar refractivity (Wildman–Crippen MR) is 51.2 cm³/mol. The molecule has 4 nitrogen and oxygen atoms in total. The van der Waals surface area contributed by atoms with Crippen LogP contribution in [0.15, 0.2) is 24.3 Å². The quantitative estimate of drug-likeness (QED) is 0.663. The minimum Gasteiger partial charge on any atom is -0.390 e. The molecule has 4 N–H and O–H groups in total. The molecule has 0 saturated carbocycles. The van der Waals surface area contributed by atoms with Crippen LogP contribution in [-0.4, -0.2) is 22.2 Å². The summed E-state index contributed by atoms with van der Waals surface area (Å²) in [5.74, 6) is -1.14. The maximum absolute atomic E-state index is 12.5. The monoisotopic (exact) mass is 213 g/mol. The van der Waals surface area contributed by atoms with Gasteiger partial charge in [-0.15, -0.1) is 0 Å². The average Bonchev–Trinajstić information content (AvgIpc) is 2.17. The van der Waals surface area contributed by atoms with Gasteiger partial charge in [0.2, 0.25) is 5.91 Å². The summed E-state index contributed by atoms with van der Waals surface area (Å²) in [5, 5.41) is 18.9. The van der Waals surface area contributed by atoms with Crippen LogP contribution in [0.2, 0.25) is 0 Å². The van der Waals surface area contributed by atoms with Crippen molar-refractivity contribution < 1.29 is 19.4 Å². The molecule has 0 saturated heterocycles. The van der Waals surface area contributed by atoms with Crippen LogP contribution in [-0.2, 0) is 4.79 Å². The van der Waals surface area contributed by atoms with Gasteiger partial charge in [-0.05, 0) is 17.7 Å². The molecule has 0 radical (unpaired) electrons. The molecule has 2 unspecified atom stereocenters.